The van der Waals surface area contributed by atoms with Gasteiger partial charge in [-0.25, -0.2) is 0 Å². The highest BCUT2D eigenvalue weighted by Crippen LogP contribution is 2.41. The van der Waals surface area contributed by atoms with E-state index in [1.54, 1.807) is 60.8 Å². The zero-order chi connectivity index (χ0) is 20.4. The molecule has 0 aliphatic carbocycles. The van der Waals surface area contributed by atoms with Gasteiger partial charge in [0.15, 0.2) is 0 Å². The second kappa shape index (κ2) is 7.55. The zero-order valence-corrected chi connectivity index (χ0v) is 15.5. The van der Waals surface area contributed by atoms with Gasteiger partial charge >= 0.3 is 0 Å². The van der Waals surface area contributed by atoms with Crippen LogP contribution in [0.15, 0.2) is 78.8 Å². The molecule has 4 rings (SSSR count). The monoisotopic (exact) mass is 387 g/mol. The van der Waals surface area contributed by atoms with Crippen LogP contribution in [0, 0.1) is 0 Å². The fourth-order valence-electron chi connectivity index (χ4n) is 3.34. The van der Waals surface area contributed by atoms with E-state index < -0.39 is 17.7 Å². The number of pyridine rings is 2. The number of benzene rings is 1. The Hall–Kier alpha value is -4.00. The molecular weight excluding hydrogens is 370 g/mol. The standard InChI is InChI=1S/C22H17N3O4/c1-29-16-6-4-5-15(13-16)25-19(17-7-2-3-10-24-17)18(21(27)22(25)28)20(26)14-8-11-23-12-9-14/h2-13,19,26H,1H3/b20-18+. The molecule has 0 saturated carbocycles. The average molecular weight is 387 g/mol. The molecule has 7 heteroatoms. The van der Waals surface area contributed by atoms with E-state index >= 15 is 0 Å². The lowest BCUT2D eigenvalue weighted by Gasteiger charge is -2.24. The Balaban J connectivity index is 1.94. The highest BCUT2D eigenvalue weighted by molar-refractivity contribution is 6.51. The molecule has 1 amide bonds. The summed E-state index contributed by atoms with van der Waals surface area (Å²) in [5.74, 6) is -1.26. The smallest absolute Gasteiger partial charge is 0.300 e. The van der Waals surface area contributed by atoms with E-state index in [9.17, 15) is 14.7 Å². The van der Waals surface area contributed by atoms with Crippen LogP contribution >= 0.6 is 0 Å². The molecule has 1 aliphatic heterocycles. The molecule has 3 aromatic rings. The molecule has 1 aliphatic rings. The predicted octanol–water partition coefficient (Wildman–Crippen LogP) is 3.11. The zero-order valence-electron chi connectivity index (χ0n) is 15.5. The van der Waals surface area contributed by atoms with Crippen molar-refractivity contribution in [3.63, 3.8) is 0 Å². The third kappa shape index (κ3) is 3.23. The van der Waals surface area contributed by atoms with E-state index in [-0.39, 0.29) is 11.3 Å². The van der Waals surface area contributed by atoms with Crippen LogP contribution in [0.25, 0.3) is 5.76 Å². The molecule has 1 unspecified atom stereocenters. The van der Waals surface area contributed by atoms with Gasteiger partial charge in [-0.1, -0.05) is 12.1 Å². The van der Waals surface area contributed by atoms with Gasteiger partial charge in [0, 0.05) is 35.9 Å². The Morgan fingerprint density at radius 3 is 2.52 bits per heavy atom. The summed E-state index contributed by atoms with van der Waals surface area (Å²) in [4.78, 5) is 35.5. The maximum Gasteiger partial charge on any atom is 0.300 e. The highest BCUT2D eigenvalue weighted by atomic mass is 16.5. The van der Waals surface area contributed by atoms with Crippen LogP contribution in [-0.4, -0.2) is 33.9 Å². The van der Waals surface area contributed by atoms with Crippen LogP contribution in [0.5, 0.6) is 5.75 Å². The van der Waals surface area contributed by atoms with Gasteiger partial charge in [-0.3, -0.25) is 24.5 Å². The number of methoxy groups -OCH3 is 1. The topological polar surface area (TPSA) is 92.6 Å². The van der Waals surface area contributed by atoms with Crippen molar-refractivity contribution >= 4 is 23.1 Å². The molecule has 1 saturated heterocycles. The SMILES string of the molecule is COc1cccc(N2C(=O)C(=O)/C(=C(/O)c3ccncc3)C2c2ccccn2)c1. The van der Waals surface area contributed by atoms with Gasteiger partial charge in [-0.15, -0.1) is 0 Å². The molecule has 1 aromatic carbocycles. The first-order valence-corrected chi connectivity index (χ1v) is 8.88. The number of ether oxygens (including phenoxy) is 1. The van der Waals surface area contributed by atoms with Crippen molar-refractivity contribution in [3.05, 3.63) is 90.0 Å². The molecule has 1 fully saturated rings. The molecule has 7 nitrogen and oxygen atoms in total. The Bertz CT molecular complexity index is 1100. The van der Waals surface area contributed by atoms with Crippen molar-refractivity contribution in [1.82, 2.24) is 9.97 Å². The Morgan fingerprint density at radius 1 is 1.03 bits per heavy atom. The van der Waals surface area contributed by atoms with Crippen LogP contribution in [0.1, 0.15) is 17.3 Å². The lowest BCUT2D eigenvalue weighted by molar-refractivity contribution is -0.132. The Morgan fingerprint density at radius 2 is 1.83 bits per heavy atom. The first-order valence-electron chi connectivity index (χ1n) is 8.88. The highest BCUT2D eigenvalue weighted by Gasteiger charge is 2.47. The fraction of sp³-hybridized carbons (Fsp3) is 0.0909. The number of aliphatic hydroxyl groups is 1. The molecule has 1 N–H and O–H groups in total. The minimum Gasteiger partial charge on any atom is -0.507 e. The maximum absolute atomic E-state index is 13.0. The lowest BCUT2D eigenvalue weighted by atomic mass is 9.98. The summed E-state index contributed by atoms with van der Waals surface area (Å²) in [6, 6.07) is 14.3. The van der Waals surface area contributed by atoms with Gasteiger partial charge < -0.3 is 9.84 Å². The molecule has 3 heterocycles. The number of ketones is 1. The number of hydrogen-bond acceptors (Lipinski definition) is 6. The number of Topliss-reactive ketones (excluding diaryl/α,β-unsaturated/α-hetero) is 1. The average Bonchev–Trinajstić information content (AvgIpc) is 3.05. The molecule has 0 radical (unpaired) electrons. The fourth-order valence-corrected chi connectivity index (χ4v) is 3.34. The van der Waals surface area contributed by atoms with Gasteiger partial charge in [0.05, 0.1) is 18.4 Å². The van der Waals surface area contributed by atoms with Crippen LogP contribution in [0.2, 0.25) is 0 Å². The van der Waals surface area contributed by atoms with E-state index in [0.717, 1.165) is 0 Å². The minimum absolute atomic E-state index is 0.0253. The summed E-state index contributed by atoms with van der Waals surface area (Å²) in [5, 5.41) is 10.9. The van der Waals surface area contributed by atoms with Crippen LogP contribution < -0.4 is 9.64 Å². The van der Waals surface area contributed by atoms with Crippen molar-refractivity contribution in [2.75, 3.05) is 12.0 Å². The maximum atomic E-state index is 13.0. The minimum atomic E-state index is -0.878. The lowest BCUT2D eigenvalue weighted by Crippen LogP contribution is -2.29. The second-order valence-electron chi connectivity index (χ2n) is 6.36. The summed E-state index contributed by atoms with van der Waals surface area (Å²) in [7, 11) is 1.52. The van der Waals surface area contributed by atoms with Gasteiger partial charge in [-0.05, 0) is 36.4 Å². The predicted molar refractivity (Wildman–Crippen MR) is 106 cm³/mol. The second-order valence-corrected chi connectivity index (χ2v) is 6.36. The van der Waals surface area contributed by atoms with Gasteiger partial charge in [0.1, 0.15) is 17.6 Å². The van der Waals surface area contributed by atoms with E-state index in [2.05, 4.69) is 9.97 Å². The summed E-state index contributed by atoms with van der Waals surface area (Å²) in [6.45, 7) is 0. The quantitative estimate of drug-likeness (QED) is 0.420. The van der Waals surface area contributed by atoms with Gasteiger partial charge in [-0.2, -0.15) is 0 Å². The third-order valence-corrected chi connectivity index (χ3v) is 4.70. The molecule has 29 heavy (non-hydrogen) atoms. The van der Waals surface area contributed by atoms with Crippen molar-refractivity contribution < 1.29 is 19.4 Å². The van der Waals surface area contributed by atoms with E-state index in [4.69, 9.17) is 4.74 Å². The summed E-state index contributed by atoms with van der Waals surface area (Å²) in [6.07, 6.45) is 4.58. The first-order chi connectivity index (χ1) is 14.1. The molecule has 0 spiro atoms. The largest absolute Gasteiger partial charge is 0.507 e. The number of amides is 1. The normalized spacial score (nSPS) is 18.1. The number of anilines is 1. The number of aromatic nitrogens is 2. The molecule has 2 aromatic heterocycles. The molecule has 0 bridgehead atoms. The third-order valence-electron chi connectivity index (χ3n) is 4.70. The first kappa shape index (κ1) is 18.4. The number of hydrogen-bond donors (Lipinski definition) is 1. The van der Waals surface area contributed by atoms with Crippen LogP contribution in [-0.2, 0) is 9.59 Å². The number of aliphatic hydroxyl groups excluding tert-OH is 1. The van der Waals surface area contributed by atoms with Gasteiger partial charge in [0.2, 0.25) is 0 Å². The van der Waals surface area contributed by atoms with Crippen LogP contribution in [0.4, 0.5) is 5.69 Å². The van der Waals surface area contributed by atoms with Crippen LogP contribution in [0.3, 0.4) is 0 Å². The Labute approximate surface area is 166 Å². The van der Waals surface area contributed by atoms with E-state index in [1.165, 1.54) is 24.4 Å². The number of rotatable bonds is 4. The molecule has 144 valence electrons. The van der Waals surface area contributed by atoms with Crippen molar-refractivity contribution in [3.8, 4) is 5.75 Å². The molecule has 1 atom stereocenters. The number of carbonyl (C=O) groups excluding carboxylic acids is 2. The van der Waals surface area contributed by atoms with E-state index in [1.807, 2.05) is 0 Å². The summed E-state index contributed by atoms with van der Waals surface area (Å²) < 4.78 is 5.25. The van der Waals surface area contributed by atoms with E-state index in [0.29, 0.717) is 22.7 Å². The van der Waals surface area contributed by atoms with Crippen molar-refractivity contribution in [2.45, 2.75) is 6.04 Å². The van der Waals surface area contributed by atoms with Gasteiger partial charge in [0.25, 0.3) is 11.7 Å². The summed E-state index contributed by atoms with van der Waals surface area (Å²) in [5.41, 5.74) is 1.30. The molecular formula is C22H17N3O4. The number of nitrogens with zero attached hydrogens (tertiary/aromatic N) is 3. The summed E-state index contributed by atoms with van der Waals surface area (Å²) >= 11 is 0. The van der Waals surface area contributed by atoms with Crippen molar-refractivity contribution in [1.29, 1.82) is 0 Å². The van der Waals surface area contributed by atoms with Crippen molar-refractivity contribution in [2.24, 2.45) is 0 Å². The Kier molecular flexibility index (Phi) is 4.78. The number of carbonyl (C=O) groups is 2.